The summed E-state index contributed by atoms with van der Waals surface area (Å²) in [4.78, 5) is 11.1. The molecule has 0 aliphatic carbocycles. The van der Waals surface area contributed by atoms with Gasteiger partial charge in [-0.15, -0.1) is 0 Å². The Bertz CT molecular complexity index is 423. The summed E-state index contributed by atoms with van der Waals surface area (Å²) < 4.78 is 37.0. The molecular weight excluding hydrogens is 319 g/mol. The van der Waals surface area contributed by atoms with Gasteiger partial charge in [-0.2, -0.15) is 13.2 Å². The number of benzene rings is 1. The van der Waals surface area contributed by atoms with Gasteiger partial charge in [-0.25, -0.2) is 0 Å². The molecule has 0 radical (unpaired) electrons. The molecule has 7 heteroatoms. The Morgan fingerprint density at radius 2 is 2.06 bits per heavy atom. The molecule has 0 aromatic heterocycles. The van der Waals surface area contributed by atoms with Gasteiger partial charge in [0.25, 0.3) is 0 Å². The van der Waals surface area contributed by atoms with E-state index in [9.17, 15) is 18.0 Å². The smallest absolute Gasteiger partial charge is 0.398 e. The first-order chi connectivity index (χ1) is 7.83. The first-order valence-corrected chi connectivity index (χ1v) is 6.48. The van der Waals surface area contributed by atoms with E-state index in [1.807, 2.05) is 0 Å². The van der Waals surface area contributed by atoms with E-state index in [1.165, 1.54) is 18.2 Å². The summed E-state index contributed by atoms with van der Waals surface area (Å²) in [6.07, 6.45) is -0.0608. The summed E-state index contributed by atoms with van der Waals surface area (Å²) in [7, 11) is 0. The van der Waals surface area contributed by atoms with Gasteiger partial charge in [-0.3, -0.25) is 4.79 Å². The van der Waals surface area contributed by atoms with E-state index < -0.39 is 5.51 Å². The van der Waals surface area contributed by atoms with Gasteiger partial charge in [0.2, 0.25) is 0 Å². The standard InChI is InChI=1S/C10H9BrF3NOS/c11-5-7(16)4-6-2-1-3-8(15)9(6)17-10(12,13)14/h1-3H,4-5,15H2. The van der Waals surface area contributed by atoms with E-state index in [2.05, 4.69) is 15.9 Å². The van der Waals surface area contributed by atoms with Crippen molar-refractivity contribution in [2.75, 3.05) is 11.1 Å². The molecule has 0 atom stereocenters. The Balaban J connectivity index is 3.04. The minimum Gasteiger partial charge on any atom is -0.398 e. The van der Waals surface area contributed by atoms with E-state index >= 15 is 0 Å². The van der Waals surface area contributed by atoms with Crippen LogP contribution >= 0.6 is 27.7 Å². The average molecular weight is 328 g/mol. The van der Waals surface area contributed by atoms with Crippen LogP contribution in [0.3, 0.4) is 0 Å². The fourth-order valence-corrected chi connectivity index (χ4v) is 2.13. The highest BCUT2D eigenvalue weighted by atomic mass is 79.9. The van der Waals surface area contributed by atoms with Crippen molar-refractivity contribution in [3.8, 4) is 0 Å². The minimum absolute atomic E-state index is 0.0344. The highest BCUT2D eigenvalue weighted by molar-refractivity contribution is 9.09. The van der Waals surface area contributed by atoms with Gasteiger partial charge in [0, 0.05) is 17.0 Å². The van der Waals surface area contributed by atoms with Crippen LogP contribution in [0, 0.1) is 0 Å². The molecule has 0 amide bonds. The largest absolute Gasteiger partial charge is 0.446 e. The van der Waals surface area contributed by atoms with Crippen LogP contribution in [0.2, 0.25) is 0 Å². The van der Waals surface area contributed by atoms with Gasteiger partial charge in [-0.05, 0) is 23.4 Å². The quantitative estimate of drug-likeness (QED) is 0.523. The van der Waals surface area contributed by atoms with Gasteiger partial charge in [0.05, 0.1) is 5.33 Å². The third-order valence-corrected chi connectivity index (χ3v) is 3.44. The van der Waals surface area contributed by atoms with Crippen LogP contribution in [0.15, 0.2) is 23.1 Å². The van der Waals surface area contributed by atoms with Crippen molar-refractivity contribution in [1.82, 2.24) is 0 Å². The molecule has 1 aromatic carbocycles. The molecule has 0 aliphatic heterocycles. The van der Waals surface area contributed by atoms with Crippen LogP contribution in [0.25, 0.3) is 0 Å². The third kappa shape index (κ3) is 4.59. The number of carbonyl (C=O) groups excluding carboxylic acids is 1. The van der Waals surface area contributed by atoms with Crippen molar-refractivity contribution in [3.05, 3.63) is 23.8 Å². The monoisotopic (exact) mass is 327 g/mol. The molecule has 0 heterocycles. The van der Waals surface area contributed by atoms with Gasteiger partial charge >= 0.3 is 5.51 Å². The number of halogens is 4. The van der Waals surface area contributed by atoms with Crippen molar-refractivity contribution in [2.45, 2.75) is 16.8 Å². The number of alkyl halides is 4. The molecule has 0 fully saturated rings. The van der Waals surface area contributed by atoms with Crippen molar-refractivity contribution in [3.63, 3.8) is 0 Å². The number of carbonyl (C=O) groups is 1. The zero-order valence-electron chi connectivity index (χ0n) is 8.55. The molecule has 0 aliphatic rings. The normalized spacial score (nSPS) is 11.5. The molecule has 0 saturated carbocycles. The van der Waals surface area contributed by atoms with Crippen LogP contribution in [0.4, 0.5) is 18.9 Å². The van der Waals surface area contributed by atoms with Crippen LogP contribution < -0.4 is 5.73 Å². The maximum atomic E-state index is 12.3. The molecular formula is C10H9BrF3NOS. The molecule has 2 nitrogen and oxygen atoms in total. The lowest BCUT2D eigenvalue weighted by Gasteiger charge is -2.12. The average Bonchev–Trinajstić information content (AvgIpc) is 2.21. The zero-order valence-corrected chi connectivity index (χ0v) is 11.0. The number of nitrogen functional groups attached to an aromatic ring is 1. The maximum absolute atomic E-state index is 12.3. The Kier molecular flexibility index (Phi) is 4.88. The first-order valence-electron chi connectivity index (χ1n) is 4.54. The number of anilines is 1. The molecule has 2 N–H and O–H groups in total. The Morgan fingerprint density at radius 3 is 2.59 bits per heavy atom. The molecule has 1 aromatic rings. The zero-order chi connectivity index (χ0) is 13.1. The summed E-state index contributed by atoms with van der Waals surface area (Å²) >= 11 is 2.68. The number of rotatable bonds is 4. The molecule has 0 spiro atoms. The summed E-state index contributed by atoms with van der Waals surface area (Å²) in [6, 6.07) is 4.40. The van der Waals surface area contributed by atoms with Crippen molar-refractivity contribution in [2.24, 2.45) is 0 Å². The lowest BCUT2D eigenvalue weighted by Crippen LogP contribution is -2.08. The van der Waals surface area contributed by atoms with E-state index in [4.69, 9.17) is 5.73 Å². The number of thioether (sulfide) groups is 1. The SMILES string of the molecule is Nc1cccc(CC(=O)CBr)c1SC(F)(F)F. The lowest BCUT2D eigenvalue weighted by atomic mass is 10.1. The Morgan fingerprint density at radius 1 is 1.41 bits per heavy atom. The fraction of sp³-hybridized carbons (Fsp3) is 0.300. The molecule has 1 rings (SSSR count). The number of hydrogen-bond acceptors (Lipinski definition) is 3. The minimum atomic E-state index is -4.42. The summed E-state index contributed by atoms with van der Waals surface area (Å²) in [5.74, 6) is -0.195. The van der Waals surface area contributed by atoms with Crippen LogP contribution in [-0.2, 0) is 11.2 Å². The van der Waals surface area contributed by atoms with Crippen LogP contribution in [0.5, 0.6) is 0 Å². The van der Waals surface area contributed by atoms with Gasteiger partial charge in [0.1, 0.15) is 5.78 Å². The second kappa shape index (κ2) is 5.77. The number of nitrogens with two attached hydrogens (primary N) is 1. The Hall–Kier alpha value is -0.690. The van der Waals surface area contributed by atoms with Crippen molar-refractivity contribution < 1.29 is 18.0 Å². The maximum Gasteiger partial charge on any atom is 0.446 e. The topological polar surface area (TPSA) is 43.1 Å². The molecule has 94 valence electrons. The van der Waals surface area contributed by atoms with Crippen LogP contribution in [0.1, 0.15) is 5.56 Å². The summed E-state index contributed by atoms with van der Waals surface area (Å²) in [6.45, 7) is 0. The molecule has 0 saturated heterocycles. The number of ketones is 1. The molecule has 0 unspecified atom stereocenters. The second-order valence-corrected chi connectivity index (χ2v) is 4.87. The van der Waals surface area contributed by atoms with E-state index in [0.717, 1.165) is 0 Å². The summed E-state index contributed by atoms with van der Waals surface area (Å²) in [5, 5.41) is 0.109. The van der Waals surface area contributed by atoms with E-state index in [-0.39, 0.29) is 39.9 Å². The van der Waals surface area contributed by atoms with E-state index in [0.29, 0.717) is 5.56 Å². The van der Waals surface area contributed by atoms with Crippen molar-refractivity contribution in [1.29, 1.82) is 0 Å². The molecule has 17 heavy (non-hydrogen) atoms. The third-order valence-electron chi connectivity index (χ3n) is 1.88. The Labute approximate surface area is 109 Å². The number of hydrogen-bond donors (Lipinski definition) is 1. The number of Topliss-reactive ketones (excluding diaryl/α,β-unsaturated/α-hetero) is 1. The summed E-state index contributed by atoms with van der Waals surface area (Å²) in [5.41, 5.74) is 1.42. The lowest BCUT2D eigenvalue weighted by molar-refractivity contribution is -0.115. The fourth-order valence-electron chi connectivity index (χ4n) is 1.24. The predicted octanol–water partition coefficient (Wildman–Crippen LogP) is 3.39. The second-order valence-electron chi connectivity index (χ2n) is 3.23. The van der Waals surface area contributed by atoms with Crippen LogP contribution in [-0.4, -0.2) is 16.6 Å². The van der Waals surface area contributed by atoms with E-state index in [1.54, 1.807) is 0 Å². The predicted molar refractivity (Wildman–Crippen MR) is 65.3 cm³/mol. The highest BCUT2D eigenvalue weighted by Crippen LogP contribution is 2.41. The van der Waals surface area contributed by atoms with Gasteiger partial charge in [0.15, 0.2) is 0 Å². The van der Waals surface area contributed by atoms with Gasteiger partial charge < -0.3 is 5.73 Å². The highest BCUT2D eigenvalue weighted by Gasteiger charge is 2.31. The molecule has 0 bridgehead atoms. The van der Waals surface area contributed by atoms with Crippen molar-refractivity contribution >= 4 is 39.2 Å². The first kappa shape index (κ1) is 14.4. The van der Waals surface area contributed by atoms with Gasteiger partial charge in [-0.1, -0.05) is 28.1 Å².